The summed E-state index contributed by atoms with van der Waals surface area (Å²) in [5.41, 5.74) is 5.48. The summed E-state index contributed by atoms with van der Waals surface area (Å²) < 4.78 is 0. The van der Waals surface area contributed by atoms with Gasteiger partial charge in [0.1, 0.15) is 6.61 Å². The molecule has 2 nitrogen and oxygen atoms in total. The summed E-state index contributed by atoms with van der Waals surface area (Å²) in [5.74, 6) is 6.96. The third-order valence-corrected chi connectivity index (χ3v) is 3.76. The minimum absolute atomic E-state index is 0.412. The summed E-state index contributed by atoms with van der Waals surface area (Å²) in [4.78, 5) is 10.6. The molecule has 0 radical (unpaired) electrons. The Morgan fingerprint density at radius 1 is 0.548 bits per heavy atom. The van der Waals surface area contributed by atoms with Crippen molar-refractivity contribution in [3.05, 3.63) is 101 Å². The van der Waals surface area contributed by atoms with Crippen LogP contribution in [-0.2, 0) is 11.5 Å². The first kappa shape index (κ1) is 28.0. The van der Waals surface area contributed by atoms with Crippen LogP contribution in [0.25, 0.3) is 0 Å². The summed E-state index contributed by atoms with van der Waals surface area (Å²) >= 11 is 0. The van der Waals surface area contributed by atoms with Crippen LogP contribution < -0.4 is 4.89 Å². The number of aryl methyl sites for hydroxylation is 2. The van der Waals surface area contributed by atoms with Crippen LogP contribution >= 0.6 is 0 Å². The summed E-state index contributed by atoms with van der Waals surface area (Å²) in [6.07, 6.45) is 0. The lowest BCUT2D eigenvalue weighted by atomic mass is 10.1. The molecule has 3 rings (SSSR count). The van der Waals surface area contributed by atoms with Gasteiger partial charge in [-0.3, -0.25) is 0 Å². The molecule has 0 atom stereocenters. The maximum Gasteiger partial charge on any atom is 0.165 e. The van der Waals surface area contributed by atoms with E-state index in [4.69, 9.17) is 9.78 Å². The highest BCUT2D eigenvalue weighted by Gasteiger charge is 1.97. The van der Waals surface area contributed by atoms with Crippen molar-refractivity contribution < 1.29 is 9.78 Å². The van der Waals surface area contributed by atoms with Crippen LogP contribution in [0.3, 0.4) is 0 Å². The van der Waals surface area contributed by atoms with E-state index < -0.39 is 0 Å². The molecule has 0 saturated heterocycles. The minimum atomic E-state index is 0.412. The van der Waals surface area contributed by atoms with Gasteiger partial charge in [-0.25, -0.2) is 0 Å². The van der Waals surface area contributed by atoms with Crippen molar-refractivity contribution in [3.8, 4) is 17.6 Å². The average Bonchev–Trinajstić information content (AvgIpc) is 2.85. The second-order valence-electron chi connectivity index (χ2n) is 5.97. The molecule has 0 saturated carbocycles. The van der Waals surface area contributed by atoms with Crippen LogP contribution in [0.15, 0.2) is 72.8 Å². The second-order valence-corrected chi connectivity index (χ2v) is 5.97. The quantitative estimate of drug-likeness (QED) is 0.241. The zero-order valence-electron chi connectivity index (χ0n) is 20.5. The highest BCUT2D eigenvalue weighted by atomic mass is 17.2. The summed E-state index contributed by atoms with van der Waals surface area (Å²) in [7, 11) is 0. The van der Waals surface area contributed by atoms with Gasteiger partial charge in [0.05, 0.1) is 0 Å². The number of hydrogen-bond acceptors (Lipinski definition) is 2. The first-order valence-electron chi connectivity index (χ1n) is 11.2. The Morgan fingerprint density at radius 2 is 0.935 bits per heavy atom. The molecule has 0 bridgehead atoms. The van der Waals surface area contributed by atoms with Crippen molar-refractivity contribution in [1.29, 1.82) is 0 Å². The van der Waals surface area contributed by atoms with Crippen LogP contribution in [0, 0.1) is 25.7 Å². The van der Waals surface area contributed by atoms with Gasteiger partial charge in [0.15, 0.2) is 5.75 Å². The fourth-order valence-corrected chi connectivity index (χ4v) is 2.22. The molecule has 0 heterocycles. The molecule has 0 fully saturated rings. The van der Waals surface area contributed by atoms with Crippen molar-refractivity contribution in [1.82, 2.24) is 0 Å². The summed E-state index contributed by atoms with van der Waals surface area (Å²) in [6.45, 7) is 16.5. The largest absolute Gasteiger partial charge is 0.337 e. The molecule has 3 aromatic carbocycles. The molecule has 0 spiro atoms. The Hall–Kier alpha value is -3.02. The first-order valence-corrected chi connectivity index (χ1v) is 11.2. The smallest absolute Gasteiger partial charge is 0.165 e. The standard InChI is InChI=1S/C23H20O2.3C2H6/c1-18-3-7-20(8-4-18)11-12-21-13-15-23(16-14-21)25-24-17-22-9-5-19(2)6-10-22;3*1-2/h3-10,13-16H,17H2,1-2H3;3*1-2H3. The maximum atomic E-state index is 5.32. The maximum absolute atomic E-state index is 5.32. The zero-order chi connectivity index (χ0) is 23.5. The molecule has 0 aliphatic rings. The van der Waals surface area contributed by atoms with E-state index in [-0.39, 0.29) is 0 Å². The van der Waals surface area contributed by atoms with E-state index in [1.54, 1.807) is 0 Å². The average molecular weight is 419 g/mol. The molecule has 3 aromatic rings. The van der Waals surface area contributed by atoms with Crippen LogP contribution in [0.5, 0.6) is 5.75 Å². The normalized spacial score (nSPS) is 8.65. The Labute approximate surface area is 190 Å². The lowest BCUT2D eigenvalue weighted by Gasteiger charge is -2.05. The van der Waals surface area contributed by atoms with Gasteiger partial charge in [0.2, 0.25) is 0 Å². The van der Waals surface area contributed by atoms with Gasteiger partial charge in [-0.15, -0.1) is 0 Å². The molecule has 0 aliphatic carbocycles. The lowest BCUT2D eigenvalue weighted by Crippen LogP contribution is -1.97. The predicted octanol–water partition coefficient (Wildman–Crippen LogP) is 8.29. The molecule has 166 valence electrons. The van der Waals surface area contributed by atoms with E-state index in [9.17, 15) is 0 Å². The molecule has 0 N–H and O–H groups in total. The lowest BCUT2D eigenvalue weighted by molar-refractivity contribution is -0.217. The highest BCUT2D eigenvalue weighted by molar-refractivity contribution is 5.44. The van der Waals surface area contributed by atoms with E-state index in [1.807, 2.05) is 90.1 Å². The molecular formula is C29H38O2. The molecule has 31 heavy (non-hydrogen) atoms. The fraction of sp³-hybridized carbons (Fsp3) is 0.310. The van der Waals surface area contributed by atoms with Gasteiger partial charge in [0.25, 0.3) is 0 Å². The van der Waals surface area contributed by atoms with Crippen LogP contribution in [0.1, 0.15) is 69.4 Å². The number of hydrogen-bond donors (Lipinski definition) is 0. The van der Waals surface area contributed by atoms with Gasteiger partial charge < -0.3 is 4.89 Å². The Bertz CT molecular complexity index is 865. The van der Waals surface area contributed by atoms with Crippen LogP contribution in [0.4, 0.5) is 0 Å². The topological polar surface area (TPSA) is 18.5 Å². The zero-order valence-corrected chi connectivity index (χ0v) is 20.5. The van der Waals surface area contributed by atoms with E-state index in [0.717, 1.165) is 16.7 Å². The van der Waals surface area contributed by atoms with E-state index >= 15 is 0 Å². The van der Waals surface area contributed by atoms with Crippen molar-refractivity contribution >= 4 is 0 Å². The van der Waals surface area contributed by atoms with Gasteiger partial charge in [-0.2, -0.15) is 4.89 Å². The van der Waals surface area contributed by atoms with Gasteiger partial charge >= 0.3 is 0 Å². The van der Waals surface area contributed by atoms with Crippen LogP contribution in [0.2, 0.25) is 0 Å². The van der Waals surface area contributed by atoms with Gasteiger partial charge in [-0.1, -0.05) is 101 Å². The SMILES string of the molecule is CC.CC.CC.Cc1ccc(C#Cc2ccc(OOCc3ccc(C)cc3)cc2)cc1. The van der Waals surface area contributed by atoms with E-state index in [1.165, 1.54) is 11.1 Å². The molecule has 0 aromatic heterocycles. The molecule has 0 aliphatic heterocycles. The van der Waals surface area contributed by atoms with Crippen molar-refractivity contribution in [2.45, 2.75) is 62.0 Å². The Kier molecular flexibility index (Phi) is 16.1. The monoisotopic (exact) mass is 418 g/mol. The minimum Gasteiger partial charge on any atom is -0.337 e. The van der Waals surface area contributed by atoms with E-state index in [0.29, 0.717) is 12.4 Å². The van der Waals surface area contributed by atoms with Gasteiger partial charge in [-0.05, 0) is 55.8 Å². The van der Waals surface area contributed by atoms with Gasteiger partial charge in [0, 0.05) is 11.1 Å². The molecule has 0 unspecified atom stereocenters. The fourth-order valence-electron chi connectivity index (χ4n) is 2.22. The van der Waals surface area contributed by atoms with Crippen molar-refractivity contribution in [2.75, 3.05) is 0 Å². The second kappa shape index (κ2) is 17.8. The van der Waals surface area contributed by atoms with Crippen molar-refractivity contribution in [3.63, 3.8) is 0 Å². The molecular weight excluding hydrogens is 380 g/mol. The summed E-state index contributed by atoms with van der Waals surface area (Å²) in [5, 5.41) is 0. The summed E-state index contributed by atoms with van der Waals surface area (Å²) in [6, 6.07) is 23.9. The molecule has 2 heteroatoms. The first-order chi connectivity index (χ1) is 15.2. The highest BCUT2D eigenvalue weighted by Crippen LogP contribution is 2.13. The Morgan fingerprint density at radius 3 is 1.39 bits per heavy atom. The van der Waals surface area contributed by atoms with Crippen molar-refractivity contribution in [2.24, 2.45) is 0 Å². The Balaban J connectivity index is 0.00000138. The third kappa shape index (κ3) is 11.7. The number of rotatable bonds is 4. The van der Waals surface area contributed by atoms with E-state index in [2.05, 4.69) is 50.0 Å². The predicted molar refractivity (Wildman–Crippen MR) is 134 cm³/mol. The third-order valence-electron chi connectivity index (χ3n) is 3.76. The van der Waals surface area contributed by atoms with Crippen LogP contribution in [-0.4, -0.2) is 0 Å². The molecule has 0 amide bonds. The number of benzene rings is 3.